The van der Waals surface area contributed by atoms with Crippen LogP contribution >= 0.6 is 0 Å². The summed E-state index contributed by atoms with van der Waals surface area (Å²) in [6, 6.07) is 0. The van der Waals surface area contributed by atoms with Crippen LogP contribution in [0, 0.1) is 11.8 Å². The second-order valence-electron chi connectivity index (χ2n) is 8.07. The van der Waals surface area contributed by atoms with E-state index in [-0.39, 0.29) is 23.3 Å². The molecule has 1 aliphatic rings. The highest BCUT2D eigenvalue weighted by atomic mass is 28.2. The predicted octanol–water partition coefficient (Wildman–Crippen LogP) is 3.29. The molecule has 0 aromatic rings. The van der Waals surface area contributed by atoms with Gasteiger partial charge in [0.05, 0.1) is 5.54 Å². The minimum absolute atomic E-state index is 0.0934. The van der Waals surface area contributed by atoms with Gasteiger partial charge in [0.2, 0.25) is 5.91 Å². The summed E-state index contributed by atoms with van der Waals surface area (Å²) in [5.41, 5.74) is -0.555. The quantitative estimate of drug-likeness (QED) is 0.527. The zero-order chi connectivity index (χ0) is 17.6. The molecule has 0 aromatic carbocycles. The van der Waals surface area contributed by atoms with Gasteiger partial charge < -0.3 is 9.30 Å². The summed E-state index contributed by atoms with van der Waals surface area (Å²) in [4.78, 5) is 25.1. The number of hydrogen-bond donors (Lipinski definition) is 0. The highest BCUT2D eigenvalue weighted by Crippen LogP contribution is 2.32. The summed E-state index contributed by atoms with van der Waals surface area (Å²) >= 11 is 0. The predicted molar refractivity (Wildman–Crippen MR) is 96.9 cm³/mol. The maximum absolute atomic E-state index is 12.7. The Labute approximate surface area is 144 Å². The van der Waals surface area contributed by atoms with Crippen LogP contribution < -0.4 is 0 Å². The molecule has 23 heavy (non-hydrogen) atoms. The standard InChI is InChI=1S/C18H35NO3Si/c1-7-10-15(17(21)22-18(3,4)5)23-19(6)16(20)13(2)14-11-8-9-12-14/h13-15H,7-12,23H2,1-6H3/t13-,15+/m1/s1. The van der Waals surface area contributed by atoms with Crippen LogP contribution in [0.4, 0.5) is 0 Å². The lowest BCUT2D eigenvalue weighted by molar-refractivity contribution is -0.154. The fourth-order valence-corrected chi connectivity index (χ4v) is 5.40. The minimum Gasteiger partial charge on any atom is -0.460 e. The second kappa shape index (κ2) is 8.86. The summed E-state index contributed by atoms with van der Waals surface area (Å²) in [6.07, 6.45) is 6.60. The number of rotatable bonds is 7. The first-order chi connectivity index (χ1) is 10.7. The molecule has 5 heteroatoms. The summed E-state index contributed by atoms with van der Waals surface area (Å²) in [7, 11) is 0.896. The SMILES string of the molecule is CCC[C@H]([SiH2]N(C)C(=O)[C@H](C)C1CCCC1)C(=O)OC(C)(C)C. The van der Waals surface area contributed by atoms with Crippen LogP contribution in [0.25, 0.3) is 0 Å². The van der Waals surface area contributed by atoms with Crippen LogP contribution in [-0.2, 0) is 14.3 Å². The largest absolute Gasteiger partial charge is 0.460 e. The normalized spacial score (nSPS) is 19.0. The van der Waals surface area contributed by atoms with Crippen LogP contribution in [0.15, 0.2) is 0 Å². The fourth-order valence-electron chi connectivity index (χ4n) is 3.44. The van der Waals surface area contributed by atoms with Gasteiger partial charge in [-0.05, 0) is 53.0 Å². The van der Waals surface area contributed by atoms with Crippen LogP contribution in [0.3, 0.4) is 0 Å². The zero-order valence-corrected chi connectivity index (χ0v) is 17.3. The first kappa shape index (κ1) is 20.2. The minimum atomic E-state index is -0.986. The monoisotopic (exact) mass is 341 g/mol. The van der Waals surface area contributed by atoms with Crippen molar-refractivity contribution in [1.29, 1.82) is 0 Å². The Hall–Kier alpha value is -0.843. The van der Waals surface area contributed by atoms with Crippen molar-refractivity contribution in [2.45, 2.75) is 84.3 Å². The van der Waals surface area contributed by atoms with E-state index in [4.69, 9.17) is 4.74 Å². The molecule has 0 heterocycles. The number of carbonyl (C=O) groups is 2. The lowest BCUT2D eigenvalue weighted by atomic mass is 9.92. The van der Waals surface area contributed by atoms with Crippen molar-refractivity contribution in [3.63, 3.8) is 0 Å². The number of hydrogen-bond acceptors (Lipinski definition) is 3. The summed E-state index contributed by atoms with van der Waals surface area (Å²) in [5, 5.41) is 0. The molecule has 2 atom stereocenters. The summed E-state index contributed by atoms with van der Waals surface area (Å²) in [5.74, 6) is 0.730. The lowest BCUT2D eigenvalue weighted by Gasteiger charge is -2.29. The van der Waals surface area contributed by atoms with Crippen molar-refractivity contribution in [2.24, 2.45) is 11.8 Å². The molecule has 1 fully saturated rings. The van der Waals surface area contributed by atoms with E-state index in [2.05, 4.69) is 13.8 Å². The Balaban J connectivity index is 2.63. The van der Waals surface area contributed by atoms with Gasteiger partial charge in [0.25, 0.3) is 0 Å². The fraction of sp³-hybridized carbons (Fsp3) is 0.889. The van der Waals surface area contributed by atoms with Gasteiger partial charge in [0.1, 0.15) is 15.3 Å². The van der Waals surface area contributed by atoms with E-state index in [0.29, 0.717) is 5.92 Å². The highest BCUT2D eigenvalue weighted by Gasteiger charge is 2.32. The third kappa shape index (κ3) is 6.65. The molecule has 134 valence electrons. The molecule has 1 rings (SSSR count). The number of ether oxygens (including phenoxy) is 1. The molecule has 1 aliphatic carbocycles. The Morgan fingerprint density at radius 2 is 1.83 bits per heavy atom. The van der Waals surface area contributed by atoms with Crippen molar-refractivity contribution in [3.05, 3.63) is 0 Å². The molecule has 0 aliphatic heterocycles. The van der Waals surface area contributed by atoms with E-state index in [0.717, 1.165) is 12.8 Å². The van der Waals surface area contributed by atoms with E-state index in [1.165, 1.54) is 25.7 Å². The molecule has 1 amide bonds. The molecule has 1 saturated carbocycles. The molecular weight excluding hydrogens is 306 g/mol. The van der Waals surface area contributed by atoms with Crippen LogP contribution in [-0.4, -0.2) is 38.8 Å². The smallest absolute Gasteiger partial charge is 0.307 e. The van der Waals surface area contributed by atoms with E-state index < -0.39 is 15.3 Å². The molecule has 0 unspecified atom stereocenters. The maximum Gasteiger partial charge on any atom is 0.307 e. The van der Waals surface area contributed by atoms with Crippen LogP contribution in [0.5, 0.6) is 0 Å². The average Bonchev–Trinajstić information content (AvgIpc) is 2.97. The molecule has 0 saturated heterocycles. The Bertz CT molecular complexity index is 400. The summed E-state index contributed by atoms with van der Waals surface area (Å²) in [6.45, 7) is 9.83. The van der Waals surface area contributed by atoms with Crippen LogP contribution in [0.2, 0.25) is 5.54 Å². The topological polar surface area (TPSA) is 46.6 Å². The average molecular weight is 342 g/mol. The molecular formula is C18H35NO3Si. The number of carbonyl (C=O) groups excluding carboxylic acids is 2. The lowest BCUT2D eigenvalue weighted by Crippen LogP contribution is -2.41. The summed E-state index contributed by atoms with van der Waals surface area (Å²) < 4.78 is 7.43. The van der Waals surface area contributed by atoms with E-state index in [1.54, 1.807) is 0 Å². The number of amides is 1. The third-order valence-electron chi connectivity index (χ3n) is 4.74. The van der Waals surface area contributed by atoms with Gasteiger partial charge >= 0.3 is 5.97 Å². The first-order valence-electron chi connectivity index (χ1n) is 9.13. The zero-order valence-electron chi connectivity index (χ0n) is 15.9. The van der Waals surface area contributed by atoms with Crippen molar-refractivity contribution in [1.82, 2.24) is 4.57 Å². The van der Waals surface area contributed by atoms with Crippen molar-refractivity contribution >= 4 is 21.6 Å². The van der Waals surface area contributed by atoms with Crippen LogP contribution in [0.1, 0.15) is 73.1 Å². The van der Waals surface area contributed by atoms with Crippen molar-refractivity contribution in [3.8, 4) is 0 Å². The maximum atomic E-state index is 12.7. The first-order valence-corrected chi connectivity index (χ1v) is 10.6. The molecule has 0 spiro atoms. The highest BCUT2D eigenvalue weighted by molar-refractivity contribution is 6.44. The van der Waals surface area contributed by atoms with Gasteiger partial charge in [-0.25, -0.2) is 0 Å². The number of esters is 1. The van der Waals surface area contributed by atoms with Crippen molar-refractivity contribution in [2.75, 3.05) is 7.05 Å². The van der Waals surface area contributed by atoms with E-state index in [9.17, 15) is 9.59 Å². The third-order valence-corrected chi connectivity index (χ3v) is 6.79. The Kier molecular flexibility index (Phi) is 7.78. The van der Waals surface area contributed by atoms with Gasteiger partial charge in [-0.3, -0.25) is 9.59 Å². The molecule has 0 bridgehead atoms. The van der Waals surface area contributed by atoms with E-state index >= 15 is 0 Å². The Morgan fingerprint density at radius 1 is 1.26 bits per heavy atom. The molecule has 0 N–H and O–H groups in total. The molecule has 4 nitrogen and oxygen atoms in total. The van der Waals surface area contributed by atoms with Crippen molar-refractivity contribution < 1.29 is 14.3 Å². The van der Waals surface area contributed by atoms with E-state index in [1.807, 2.05) is 32.4 Å². The van der Waals surface area contributed by atoms with Gasteiger partial charge in [-0.15, -0.1) is 0 Å². The Morgan fingerprint density at radius 3 is 2.30 bits per heavy atom. The molecule has 0 aromatic heterocycles. The van der Waals surface area contributed by atoms with Gasteiger partial charge in [-0.2, -0.15) is 0 Å². The van der Waals surface area contributed by atoms with Gasteiger partial charge in [0.15, 0.2) is 0 Å². The van der Waals surface area contributed by atoms with Gasteiger partial charge in [0, 0.05) is 5.92 Å². The van der Waals surface area contributed by atoms with Gasteiger partial charge in [-0.1, -0.05) is 33.1 Å². The number of nitrogens with zero attached hydrogens (tertiary/aromatic N) is 1. The molecule has 0 radical (unpaired) electrons. The second-order valence-corrected chi connectivity index (χ2v) is 10.4.